The van der Waals surface area contributed by atoms with Crippen LogP contribution in [0.25, 0.3) is 0 Å². The summed E-state index contributed by atoms with van der Waals surface area (Å²) in [5.41, 5.74) is 2.47. The fourth-order valence-corrected chi connectivity index (χ4v) is 4.94. The van der Waals surface area contributed by atoms with E-state index in [0.717, 1.165) is 41.7 Å². The third-order valence-electron chi connectivity index (χ3n) is 5.06. The number of thiophene rings is 1. The van der Waals surface area contributed by atoms with Crippen molar-refractivity contribution in [2.24, 2.45) is 0 Å². The van der Waals surface area contributed by atoms with E-state index >= 15 is 0 Å². The molecule has 0 spiro atoms. The third kappa shape index (κ3) is 5.19. The van der Waals surface area contributed by atoms with Crippen molar-refractivity contribution in [1.29, 1.82) is 0 Å². The Morgan fingerprint density at radius 3 is 2.55 bits per heavy atom. The fraction of sp³-hybridized carbons (Fsp3) is 0.409. The van der Waals surface area contributed by atoms with Gasteiger partial charge in [0.1, 0.15) is 10.8 Å². The number of anilines is 2. The second-order valence-corrected chi connectivity index (χ2v) is 8.95. The first kappa shape index (κ1) is 23.1. The highest BCUT2D eigenvalue weighted by Gasteiger charge is 2.29. The van der Waals surface area contributed by atoms with Gasteiger partial charge in [-0.3, -0.25) is 9.59 Å². The molecule has 0 radical (unpaired) electrons. The van der Waals surface area contributed by atoms with Crippen LogP contribution in [0.1, 0.15) is 53.1 Å². The molecule has 1 aliphatic rings. The average Bonchev–Trinajstić information content (AvgIpc) is 3.07. The second-order valence-electron chi connectivity index (χ2n) is 7.43. The van der Waals surface area contributed by atoms with E-state index in [2.05, 4.69) is 10.6 Å². The van der Waals surface area contributed by atoms with Crippen LogP contribution in [0, 0.1) is 6.92 Å². The van der Waals surface area contributed by atoms with Crippen molar-refractivity contribution >= 4 is 51.4 Å². The first-order valence-corrected chi connectivity index (χ1v) is 11.2. The van der Waals surface area contributed by atoms with E-state index in [9.17, 15) is 14.4 Å². The number of carbonyl (C=O) groups excluding carboxylic acids is 3. The van der Waals surface area contributed by atoms with Crippen LogP contribution in [-0.2, 0) is 27.2 Å². The Morgan fingerprint density at radius 2 is 1.87 bits per heavy atom. The van der Waals surface area contributed by atoms with Crippen LogP contribution in [-0.4, -0.2) is 31.0 Å². The maximum absolute atomic E-state index is 13.0. The number of benzene rings is 1. The minimum Gasteiger partial charge on any atom is -0.495 e. The molecule has 1 heterocycles. The number of ether oxygens (including phenoxy) is 2. The summed E-state index contributed by atoms with van der Waals surface area (Å²) in [7, 11) is 1.48. The number of hydrogen-bond acceptors (Lipinski definition) is 6. The van der Waals surface area contributed by atoms with E-state index in [1.165, 1.54) is 32.3 Å². The summed E-state index contributed by atoms with van der Waals surface area (Å²) >= 11 is 7.51. The number of carbonyl (C=O) groups is 3. The normalized spacial score (nSPS) is 13.7. The van der Waals surface area contributed by atoms with Crippen molar-refractivity contribution in [2.75, 3.05) is 17.7 Å². The first-order chi connectivity index (χ1) is 14.7. The Bertz CT molecular complexity index is 1030. The molecule has 2 N–H and O–H groups in total. The molecule has 2 amide bonds. The molecule has 1 atom stereocenters. The van der Waals surface area contributed by atoms with Gasteiger partial charge in [-0.1, -0.05) is 11.6 Å². The number of halogens is 1. The standard InChI is InChI=1S/C22H25ClN2O5S/c1-11-9-16(17(29-4)10-15(11)23)25-20(27)12(2)30-22(28)19-14-7-5-6-8-18(14)31-21(19)24-13(3)26/h9-10,12H,5-8H2,1-4H3,(H,24,26)(H,25,27). The topological polar surface area (TPSA) is 93.7 Å². The fourth-order valence-electron chi connectivity index (χ4n) is 3.47. The highest BCUT2D eigenvalue weighted by Crippen LogP contribution is 2.39. The smallest absolute Gasteiger partial charge is 0.342 e. The lowest BCUT2D eigenvalue weighted by atomic mass is 9.95. The summed E-state index contributed by atoms with van der Waals surface area (Å²) < 4.78 is 10.8. The van der Waals surface area contributed by atoms with Crippen LogP contribution in [0.3, 0.4) is 0 Å². The first-order valence-electron chi connectivity index (χ1n) is 9.99. The van der Waals surface area contributed by atoms with Crippen LogP contribution >= 0.6 is 22.9 Å². The zero-order valence-electron chi connectivity index (χ0n) is 17.9. The molecule has 2 aromatic rings. The van der Waals surface area contributed by atoms with Crippen LogP contribution in [0.15, 0.2) is 12.1 Å². The van der Waals surface area contributed by atoms with Crippen LogP contribution in [0.4, 0.5) is 10.7 Å². The van der Waals surface area contributed by atoms with Crippen LogP contribution in [0.5, 0.6) is 5.75 Å². The van der Waals surface area contributed by atoms with Gasteiger partial charge in [-0.25, -0.2) is 4.79 Å². The number of methoxy groups -OCH3 is 1. The van der Waals surface area contributed by atoms with Crippen molar-refractivity contribution in [3.8, 4) is 5.75 Å². The molecule has 31 heavy (non-hydrogen) atoms. The van der Waals surface area contributed by atoms with Crippen molar-refractivity contribution < 1.29 is 23.9 Å². The maximum Gasteiger partial charge on any atom is 0.342 e. The maximum atomic E-state index is 13.0. The van der Waals surface area contributed by atoms with Crippen molar-refractivity contribution in [3.05, 3.63) is 38.7 Å². The Labute approximate surface area is 190 Å². The molecule has 9 heteroatoms. The second kappa shape index (κ2) is 9.70. The van der Waals surface area contributed by atoms with E-state index in [4.69, 9.17) is 21.1 Å². The molecule has 3 rings (SSSR count). The minimum atomic E-state index is -1.06. The molecule has 1 aromatic heterocycles. The van der Waals surface area contributed by atoms with Gasteiger partial charge in [0.25, 0.3) is 5.91 Å². The van der Waals surface area contributed by atoms with Crippen LogP contribution < -0.4 is 15.4 Å². The van der Waals surface area contributed by atoms with Gasteiger partial charge in [0.15, 0.2) is 6.10 Å². The molecule has 0 aliphatic heterocycles. The van der Waals surface area contributed by atoms with Crippen molar-refractivity contribution in [2.45, 2.75) is 52.6 Å². The highest BCUT2D eigenvalue weighted by molar-refractivity contribution is 7.17. The number of nitrogens with one attached hydrogen (secondary N) is 2. The van der Waals surface area contributed by atoms with E-state index < -0.39 is 18.0 Å². The number of aryl methyl sites for hydroxylation is 2. The SMILES string of the molecule is COc1cc(Cl)c(C)cc1NC(=O)C(C)OC(=O)c1c(NC(C)=O)sc2c1CCCC2. The summed E-state index contributed by atoms with van der Waals surface area (Å²) in [5.74, 6) is -0.977. The predicted molar refractivity (Wildman–Crippen MR) is 122 cm³/mol. The summed E-state index contributed by atoms with van der Waals surface area (Å²) in [6, 6.07) is 3.30. The van der Waals surface area contributed by atoms with E-state index in [1.54, 1.807) is 12.1 Å². The van der Waals surface area contributed by atoms with Gasteiger partial charge in [-0.05, 0) is 56.7 Å². The Kier molecular flexibility index (Phi) is 7.23. The Morgan fingerprint density at radius 1 is 1.16 bits per heavy atom. The number of fused-ring (bicyclic) bond motifs is 1. The lowest BCUT2D eigenvalue weighted by Gasteiger charge is -2.17. The van der Waals surface area contributed by atoms with Gasteiger partial charge in [0, 0.05) is 22.9 Å². The zero-order valence-corrected chi connectivity index (χ0v) is 19.5. The monoisotopic (exact) mass is 464 g/mol. The summed E-state index contributed by atoms with van der Waals surface area (Å²) in [6.45, 7) is 4.70. The lowest BCUT2D eigenvalue weighted by Crippen LogP contribution is -2.30. The van der Waals surface area contributed by atoms with Gasteiger partial charge >= 0.3 is 5.97 Å². The van der Waals surface area contributed by atoms with Gasteiger partial charge in [-0.15, -0.1) is 11.3 Å². The quantitative estimate of drug-likeness (QED) is 0.602. The number of rotatable bonds is 6. The summed E-state index contributed by atoms with van der Waals surface area (Å²) in [5, 5.41) is 6.45. The van der Waals surface area contributed by atoms with Gasteiger partial charge in [-0.2, -0.15) is 0 Å². The van der Waals surface area contributed by atoms with E-state index in [1.807, 2.05) is 6.92 Å². The molecule has 0 fully saturated rings. The lowest BCUT2D eigenvalue weighted by molar-refractivity contribution is -0.123. The summed E-state index contributed by atoms with van der Waals surface area (Å²) in [4.78, 5) is 38.4. The molecule has 1 unspecified atom stereocenters. The van der Waals surface area contributed by atoms with E-state index in [-0.39, 0.29) is 5.91 Å². The number of esters is 1. The third-order valence-corrected chi connectivity index (χ3v) is 6.67. The summed E-state index contributed by atoms with van der Waals surface area (Å²) in [6.07, 6.45) is 2.57. The number of amides is 2. The molecule has 0 saturated heterocycles. The predicted octanol–water partition coefficient (Wildman–Crippen LogP) is 4.74. The molecule has 166 valence electrons. The van der Waals surface area contributed by atoms with E-state index in [0.29, 0.717) is 27.0 Å². The molecular formula is C22H25ClN2O5S. The van der Waals surface area contributed by atoms with Crippen LogP contribution in [0.2, 0.25) is 5.02 Å². The van der Waals surface area contributed by atoms with Gasteiger partial charge < -0.3 is 20.1 Å². The van der Waals surface area contributed by atoms with Crippen molar-refractivity contribution in [1.82, 2.24) is 0 Å². The minimum absolute atomic E-state index is 0.261. The zero-order chi connectivity index (χ0) is 22.7. The highest BCUT2D eigenvalue weighted by atomic mass is 35.5. The molecule has 0 saturated carbocycles. The average molecular weight is 465 g/mol. The molecule has 1 aliphatic carbocycles. The largest absolute Gasteiger partial charge is 0.495 e. The Hall–Kier alpha value is -2.58. The van der Waals surface area contributed by atoms with Gasteiger partial charge in [0.05, 0.1) is 18.4 Å². The molecule has 1 aromatic carbocycles. The Balaban J connectivity index is 1.78. The molecular weight excluding hydrogens is 440 g/mol. The van der Waals surface area contributed by atoms with Crippen molar-refractivity contribution in [3.63, 3.8) is 0 Å². The molecule has 0 bridgehead atoms. The molecule has 7 nitrogen and oxygen atoms in total. The van der Waals surface area contributed by atoms with Gasteiger partial charge in [0.2, 0.25) is 5.91 Å². The number of hydrogen-bond donors (Lipinski definition) is 2.